The van der Waals surface area contributed by atoms with Crippen LogP contribution in [-0.4, -0.2) is 58.7 Å². The van der Waals surface area contributed by atoms with E-state index in [4.69, 9.17) is 10.3 Å². The maximum Gasteiger partial charge on any atom is 0.341 e. The monoisotopic (exact) mass is 355 g/mol. The van der Waals surface area contributed by atoms with E-state index in [1.54, 1.807) is 6.92 Å². The maximum absolute atomic E-state index is 11.6. The van der Waals surface area contributed by atoms with Crippen molar-refractivity contribution in [3.63, 3.8) is 0 Å². The normalized spacial score (nSPS) is 13.9. The molecule has 11 heteroatoms. The first-order chi connectivity index (χ1) is 12.7. The molecular weight excluding hydrogens is 338 g/mol. The summed E-state index contributed by atoms with van der Waals surface area (Å²) in [6, 6.07) is 0. The van der Waals surface area contributed by atoms with Crippen molar-refractivity contribution in [1.82, 2.24) is 19.9 Å². The number of aromatic nitrogens is 4. The lowest BCUT2D eigenvalue weighted by molar-refractivity contribution is 0.0525. The first-order valence-electron chi connectivity index (χ1n) is 8.07. The standard InChI is InChI=1S/C15H17N9O2/c1-2-26-13(25)11-7-17-14(18-8-11)23-3-5-24(6-4-23)15-19-9-12(10-20-15)21-22-16/h7-10H,2-6H2,1H3. The van der Waals surface area contributed by atoms with Crippen molar-refractivity contribution in [2.45, 2.75) is 6.92 Å². The molecule has 0 bridgehead atoms. The van der Waals surface area contributed by atoms with Gasteiger partial charge in [0.25, 0.3) is 0 Å². The fourth-order valence-corrected chi connectivity index (χ4v) is 2.49. The lowest BCUT2D eigenvalue weighted by Crippen LogP contribution is -2.47. The fourth-order valence-electron chi connectivity index (χ4n) is 2.49. The summed E-state index contributed by atoms with van der Waals surface area (Å²) in [7, 11) is 0. The van der Waals surface area contributed by atoms with Gasteiger partial charge in [0.15, 0.2) is 0 Å². The van der Waals surface area contributed by atoms with Gasteiger partial charge >= 0.3 is 5.97 Å². The molecule has 11 nitrogen and oxygen atoms in total. The number of nitrogens with zero attached hydrogens (tertiary/aromatic N) is 9. The van der Waals surface area contributed by atoms with Crippen molar-refractivity contribution in [3.8, 4) is 0 Å². The molecule has 0 radical (unpaired) electrons. The van der Waals surface area contributed by atoms with Gasteiger partial charge in [-0.3, -0.25) is 0 Å². The van der Waals surface area contributed by atoms with E-state index in [2.05, 4.69) is 30.0 Å². The summed E-state index contributed by atoms with van der Waals surface area (Å²) in [5, 5.41) is 3.46. The van der Waals surface area contributed by atoms with Crippen LogP contribution >= 0.6 is 0 Å². The zero-order valence-corrected chi connectivity index (χ0v) is 14.2. The molecule has 0 aliphatic carbocycles. The van der Waals surface area contributed by atoms with Gasteiger partial charge in [-0.1, -0.05) is 5.11 Å². The van der Waals surface area contributed by atoms with E-state index in [1.807, 2.05) is 9.80 Å². The van der Waals surface area contributed by atoms with Crippen LogP contribution in [0, 0.1) is 0 Å². The Balaban J connectivity index is 1.59. The highest BCUT2D eigenvalue weighted by Crippen LogP contribution is 2.17. The molecule has 134 valence electrons. The van der Waals surface area contributed by atoms with Gasteiger partial charge in [0, 0.05) is 55.9 Å². The number of hydrogen-bond donors (Lipinski definition) is 0. The molecule has 26 heavy (non-hydrogen) atoms. The molecule has 3 rings (SSSR count). The summed E-state index contributed by atoms with van der Waals surface area (Å²) >= 11 is 0. The van der Waals surface area contributed by atoms with E-state index < -0.39 is 5.97 Å². The third-order valence-corrected chi connectivity index (χ3v) is 3.78. The quantitative estimate of drug-likeness (QED) is 0.342. The summed E-state index contributed by atoms with van der Waals surface area (Å²) in [5.74, 6) is 0.725. The Labute approximate surface area is 149 Å². The van der Waals surface area contributed by atoms with E-state index >= 15 is 0 Å². The van der Waals surface area contributed by atoms with Gasteiger partial charge in [-0.15, -0.1) is 0 Å². The summed E-state index contributed by atoms with van der Waals surface area (Å²) in [6.07, 6.45) is 5.94. The number of anilines is 2. The zero-order chi connectivity index (χ0) is 18.4. The number of ether oxygens (including phenoxy) is 1. The molecule has 1 saturated heterocycles. The SMILES string of the molecule is CCOC(=O)c1cnc(N2CCN(c3ncc(N=[N+]=[N-])cn3)CC2)nc1. The van der Waals surface area contributed by atoms with Crippen LogP contribution in [0.15, 0.2) is 29.9 Å². The molecule has 2 aromatic rings. The van der Waals surface area contributed by atoms with Gasteiger partial charge in [0.1, 0.15) is 0 Å². The van der Waals surface area contributed by atoms with Crippen LogP contribution in [-0.2, 0) is 4.74 Å². The largest absolute Gasteiger partial charge is 0.462 e. The van der Waals surface area contributed by atoms with Gasteiger partial charge in [0.2, 0.25) is 11.9 Å². The second-order valence-corrected chi connectivity index (χ2v) is 5.40. The number of piperazine rings is 1. The first kappa shape index (κ1) is 17.4. The molecule has 0 spiro atoms. The number of rotatable bonds is 5. The van der Waals surface area contributed by atoms with Crippen LogP contribution in [0.3, 0.4) is 0 Å². The summed E-state index contributed by atoms with van der Waals surface area (Å²) in [6.45, 7) is 4.85. The Hall–Kier alpha value is -3.46. The van der Waals surface area contributed by atoms with Crippen molar-refractivity contribution in [3.05, 3.63) is 40.8 Å². The molecule has 0 unspecified atom stereocenters. The molecular formula is C15H17N9O2. The smallest absolute Gasteiger partial charge is 0.341 e. The van der Waals surface area contributed by atoms with E-state index in [9.17, 15) is 4.79 Å². The highest BCUT2D eigenvalue weighted by molar-refractivity contribution is 5.88. The Kier molecular flexibility index (Phi) is 5.40. The zero-order valence-electron chi connectivity index (χ0n) is 14.2. The predicted octanol–water partition coefficient (Wildman–Crippen LogP) is 1.71. The van der Waals surface area contributed by atoms with Crippen molar-refractivity contribution >= 4 is 23.6 Å². The van der Waals surface area contributed by atoms with Gasteiger partial charge in [-0.05, 0) is 12.5 Å². The van der Waals surface area contributed by atoms with Crippen LogP contribution < -0.4 is 9.80 Å². The van der Waals surface area contributed by atoms with Crippen LogP contribution in [0.5, 0.6) is 0 Å². The van der Waals surface area contributed by atoms with Crippen LogP contribution in [0.25, 0.3) is 10.4 Å². The molecule has 0 aromatic carbocycles. The van der Waals surface area contributed by atoms with Gasteiger partial charge in [-0.25, -0.2) is 24.7 Å². The van der Waals surface area contributed by atoms with E-state index in [0.29, 0.717) is 55.9 Å². The summed E-state index contributed by atoms with van der Waals surface area (Å²) in [4.78, 5) is 35.3. The van der Waals surface area contributed by atoms with Gasteiger partial charge in [-0.2, -0.15) is 0 Å². The Bertz CT molecular complexity index is 795. The van der Waals surface area contributed by atoms with Crippen LogP contribution in [0.1, 0.15) is 17.3 Å². The molecule has 0 atom stereocenters. The third-order valence-electron chi connectivity index (χ3n) is 3.78. The fraction of sp³-hybridized carbons (Fsp3) is 0.400. The Morgan fingerprint density at radius 1 is 1.08 bits per heavy atom. The lowest BCUT2D eigenvalue weighted by Gasteiger charge is -2.34. The maximum atomic E-state index is 11.6. The highest BCUT2D eigenvalue weighted by atomic mass is 16.5. The molecule has 0 amide bonds. The minimum atomic E-state index is -0.426. The number of carbonyl (C=O) groups excluding carboxylic acids is 1. The topological polar surface area (TPSA) is 133 Å². The van der Waals surface area contributed by atoms with E-state index in [0.717, 1.165) is 0 Å². The minimum absolute atomic E-state index is 0.314. The van der Waals surface area contributed by atoms with E-state index in [1.165, 1.54) is 24.8 Å². The first-order valence-corrected chi connectivity index (χ1v) is 8.07. The average molecular weight is 355 g/mol. The van der Waals surface area contributed by atoms with Crippen molar-refractivity contribution in [2.75, 3.05) is 42.6 Å². The Morgan fingerprint density at radius 2 is 1.58 bits per heavy atom. The number of azide groups is 1. The van der Waals surface area contributed by atoms with Crippen molar-refractivity contribution in [2.24, 2.45) is 5.11 Å². The second kappa shape index (κ2) is 8.08. The van der Waals surface area contributed by atoms with Gasteiger partial charge < -0.3 is 14.5 Å². The summed E-state index contributed by atoms with van der Waals surface area (Å²) < 4.78 is 4.92. The Morgan fingerprint density at radius 3 is 2.04 bits per heavy atom. The third kappa shape index (κ3) is 3.95. The number of esters is 1. The molecule has 1 aliphatic heterocycles. The minimum Gasteiger partial charge on any atom is -0.462 e. The van der Waals surface area contributed by atoms with E-state index in [-0.39, 0.29) is 0 Å². The molecule has 2 aromatic heterocycles. The molecule has 3 heterocycles. The second-order valence-electron chi connectivity index (χ2n) is 5.40. The number of carbonyl (C=O) groups is 1. The average Bonchev–Trinajstić information content (AvgIpc) is 2.69. The molecule has 1 aliphatic rings. The van der Waals surface area contributed by atoms with Crippen LogP contribution in [0.4, 0.5) is 17.6 Å². The summed E-state index contributed by atoms with van der Waals surface area (Å²) in [5.41, 5.74) is 9.11. The molecule has 0 saturated carbocycles. The predicted molar refractivity (Wildman–Crippen MR) is 93.3 cm³/mol. The number of hydrogen-bond acceptors (Lipinski definition) is 9. The molecule has 0 N–H and O–H groups in total. The van der Waals surface area contributed by atoms with Crippen LogP contribution in [0.2, 0.25) is 0 Å². The van der Waals surface area contributed by atoms with Crippen molar-refractivity contribution < 1.29 is 9.53 Å². The highest BCUT2D eigenvalue weighted by Gasteiger charge is 2.21. The molecule has 1 fully saturated rings. The lowest BCUT2D eigenvalue weighted by atomic mass is 10.3. The van der Waals surface area contributed by atoms with Crippen molar-refractivity contribution in [1.29, 1.82) is 0 Å². The van der Waals surface area contributed by atoms with Gasteiger partial charge in [0.05, 0.1) is 17.9 Å².